The van der Waals surface area contributed by atoms with Gasteiger partial charge in [-0.05, 0) is 38.7 Å². The summed E-state index contributed by atoms with van der Waals surface area (Å²) in [5.74, 6) is -1.18. The van der Waals surface area contributed by atoms with Crippen LogP contribution in [0.2, 0.25) is 0 Å². The Morgan fingerprint density at radius 1 is 1.24 bits per heavy atom. The Hall–Kier alpha value is -2.71. The van der Waals surface area contributed by atoms with Gasteiger partial charge in [-0.2, -0.15) is 0 Å². The van der Waals surface area contributed by atoms with Crippen molar-refractivity contribution in [3.05, 3.63) is 35.5 Å². The third-order valence-corrected chi connectivity index (χ3v) is 3.51. The molecule has 134 valence electrons. The van der Waals surface area contributed by atoms with Crippen molar-refractivity contribution in [2.24, 2.45) is 0 Å². The van der Waals surface area contributed by atoms with Gasteiger partial charge in [0, 0.05) is 6.08 Å². The van der Waals surface area contributed by atoms with E-state index in [-0.39, 0.29) is 31.3 Å². The number of anilines is 2. The summed E-state index contributed by atoms with van der Waals surface area (Å²) in [4.78, 5) is 38.8. The molecule has 3 N–H and O–H groups in total. The van der Waals surface area contributed by atoms with Crippen LogP contribution in [-0.4, -0.2) is 66.4 Å². The number of nitrogens with one attached hydrogen (secondary N) is 2. The maximum absolute atomic E-state index is 12.2. The first-order chi connectivity index (χ1) is 11.8. The molecule has 0 atom stereocenters. The lowest BCUT2D eigenvalue weighted by Crippen LogP contribution is -2.34. The zero-order chi connectivity index (χ0) is 18.6. The number of aliphatic hydroxyl groups is 1. The molecule has 1 aliphatic heterocycles. The quantitative estimate of drug-likeness (QED) is 0.608. The van der Waals surface area contributed by atoms with Crippen molar-refractivity contribution < 1.29 is 19.5 Å². The molecule has 0 spiro atoms. The SMILES string of the molecule is Cc1ccc(NC(=O)CN(C)C)c(NC2=CC(=O)N(CCO)C2=O)c1. The van der Waals surface area contributed by atoms with Crippen LogP contribution in [-0.2, 0) is 14.4 Å². The molecular weight excluding hydrogens is 324 g/mol. The summed E-state index contributed by atoms with van der Waals surface area (Å²) in [5.41, 5.74) is 2.06. The number of imide groups is 1. The van der Waals surface area contributed by atoms with Crippen LogP contribution < -0.4 is 10.6 Å². The fraction of sp³-hybridized carbons (Fsp3) is 0.353. The summed E-state index contributed by atoms with van der Waals surface area (Å²) in [6, 6.07) is 5.35. The van der Waals surface area contributed by atoms with E-state index in [0.29, 0.717) is 11.4 Å². The zero-order valence-electron chi connectivity index (χ0n) is 14.5. The van der Waals surface area contributed by atoms with Gasteiger partial charge in [-0.1, -0.05) is 6.07 Å². The molecule has 0 aliphatic carbocycles. The number of aliphatic hydroxyl groups excluding tert-OH is 1. The van der Waals surface area contributed by atoms with E-state index < -0.39 is 11.8 Å². The number of benzene rings is 1. The molecule has 0 fully saturated rings. The van der Waals surface area contributed by atoms with Crippen LogP contribution in [0.25, 0.3) is 0 Å². The number of carbonyl (C=O) groups is 3. The van der Waals surface area contributed by atoms with Gasteiger partial charge in [-0.25, -0.2) is 0 Å². The standard InChI is InChI=1S/C17H22N4O4/c1-11-4-5-12(19-15(23)10-20(2)3)13(8-11)18-14-9-16(24)21(6-7-22)17(14)25/h4-5,8-9,18,22H,6-7,10H2,1-3H3,(H,19,23). The van der Waals surface area contributed by atoms with Crippen molar-refractivity contribution in [3.63, 3.8) is 0 Å². The lowest BCUT2D eigenvalue weighted by Gasteiger charge is -2.17. The van der Waals surface area contributed by atoms with Crippen LogP contribution in [0.4, 0.5) is 11.4 Å². The second-order valence-electron chi connectivity index (χ2n) is 6.04. The van der Waals surface area contributed by atoms with Crippen LogP contribution in [0.1, 0.15) is 5.56 Å². The van der Waals surface area contributed by atoms with Crippen LogP contribution in [0.3, 0.4) is 0 Å². The van der Waals surface area contributed by atoms with Gasteiger partial charge in [0.1, 0.15) is 5.70 Å². The fourth-order valence-corrected chi connectivity index (χ4v) is 2.40. The van der Waals surface area contributed by atoms with E-state index in [1.165, 1.54) is 6.08 Å². The fourth-order valence-electron chi connectivity index (χ4n) is 2.40. The molecule has 0 saturated heterocycles. The average Bonchev–Trinajstić information content (AvgIpc) is 2.77. The van der Waals surface area contributed by atoms with Crippen LogP contribution >= 0.6 is 0 Å². The second-order valence-corrected chi connectivity index (χ2v) is 6.04. The third-order valence-electron chi connectivity index (χ3n) is 3.51. The van der Waals surface area contributed by atoms with Crippen molar-refractivity contribution in [1.29, 1.82) is 0 Å². The van der Waals surface area contributed by atoms with Crippen molar-refractivity contribution in [3.8, 4) is 0 Å². The van der Waals surface area contributed by atoms with Crippen molar-refractivity contribution in [1.82, 2.24) is 9.80 Å². The van der Waals surface area contributed by atoms with Gasteiger partial charge < -0.3 is 20.6 Å². The lowest BCUT2D eigenvalue weighted by molar-refractivity contribution is -0.137. The number of hydrogen-bond donors (Lipinski definition) is 3. The number of rotatable bonds is 7. The number of β-amino-alcohol motifs (C(OH)–C–C–N with tert-alkyl or cyclic N) is 1. The Kier molecular flexibility index (Phi) is 5.89. The molecule has 0 radical (unpaired) electrons. The van der Waals surface area contributed by atoms with Crippen LogP contribution in [0, 0.1) is 6.92 Å². The van der Waals surface area contributed by atoms with E-state index in [1.54, 1.807) is 31.1 Å². The molecule has 0 unspecified atom stereocenters. The van der Waals surface area contributed by atoms with Gasteiger partial charge in [0.25, 0.3) is 11.8 Å². The van der Waals surface area contributed by atoms with Gasteiger partial charge in [0.2, 0.25) is 5.91 Å². The smallest absolute Gasteiger partial charge is 0.277 e. The normalized spacial score (nSPS) is 14.1. The molecule has 1 aliphatic rings. The molecule has 0 saturated carbocycles. The highest BCUT2D eigenvalue weighted by Crippen LogP contribution is 2.26. The first kappa shape index (κ1) is 18.6. The molecular formula is C17H22N4O4. The van der Waals surface area contributed by atoms with E-state index in [0.717, 1.165) is 10.5 Å². The molecule has 0 bridgehead atoms. The monoisotopic (exact) mass is 346 g/mol. The van der Waals surface area contributed by atoms with E-state index in [9.17, 15) is 14.4 Å². The largest absolute Gasteiger partial charge is 0.395 e. The molecule has 3 amide bonds. The maximum atomic E-state index is 12.2. The molecule has 1 aromatic rings. The molecule has 2 rings (SSSR count). The van der Waals surface area contributed by atoms with Gasteiger partial charge in [-0.3, -0.25) is 19.3 Å². The Bertz CT molecular complexity index is 727. The number of aryl methyl sites for hydroxylation is 1. The molecule has 0 aromatic heterocycles. The van der Waals surface area contributed by atoms with Crippen LogP contribution in [0.5, 0.6) is 0 Å². The summed E-state index contributed by atoms with van der Waals surface area (Å²) < 4.78 is 0. The number of likely N-dealkylation sites (N-methyl/N-ethyl adjacent to an activating group) is 1. The highest BCUT2D eigenvalue weighted by Gasteiger charge is 2.31. The Morgan fingerprint density at radius 3 is 2.60 bits per heavy atom. The van der Waals surface area contributed by atoms with Crippen molar-refractivity contribution in [2.75, 3.05) is 44.4 Å². The van der Waals surface area contributed by atoms with E-state index >= 15 is 0 Å². The predicted octanol–water partition coefficient (Wildman–Crippen LogP) is 0.152. The van der Waals surface area contributed by atoms with Crippen molar-refractivity contribution in [2.45, 2.75) is 6.92 Å². The minimum absolute atomic E-state index is 0.0560. The molecule has 1 heterocycles. The molecule has 8 heteroatoms. The highest BCUT2D eigenvalue weighted by atomic mass is 16.3. The maximum Gasteiger partial charge on any atom is 0.277 e. The predicted molar refractivity (Wildman–Crippen MR) is 93.9 cm³/mol. The number of carbonyl (C=O) groups excluding carboxylic acids is 3. The van der Waals surface area contributed by atoms with Crippen molar-refractivity contribution >= 4 is 29.1 Å². The summed E-state index contributed by atoms with van der Waals surface area (Å²) in [7, 11) is 3.58. The first-order valence-corrected chi connectivity index (χ1v) is 7.82. The number of hydrogen-bond acceptors (Lipinski definition) is 6. The third kappa shape index (κ3) is 4.65. The van der Waals surface area contributed by atoms with Gasteiger partial charge >= 0.3 is 0 Å². The van der Waals surface area contributed by atoms with E-state index in [1.807, 2.05) is 13.0 Å². The van der Waals surface area contributed by atoms with Gasteiger partial charge in [0.15, 0.2) is 0 Å². The Morgan fingerprint density at radius 2 is 1.96 bits per heavy atom. The summed E-state index contributed by atoms with van der Waals surface area (Å²) in [6.45, 7) is 1.75. The Balaban J connectivity index is 2.20. The second kappa shape index (κ2) is 7.91. The average molecular weight is 346 g/mol. The number of nitrogens with zero attached hydrogens (tertiary/aromatic N) is 2. The van der Waals surface area contributed by atoms with Crippen LogP contribution in [0.15, 0.2) is 30.0 Å². The highest BCUT2D eigenvalue weighted by molar-refractivity contribution is 6.17. The van der Waals surface area contributed by atoms with Gasteiger partial charge in [-0.15, -0.1) is 0 Å². The molecule has 25 heavy (non-hydrogen) atoms. The summed E-state index contributed by atoms with van der Waals surface area (Å²) in [5, 5.41) is 14.7. The minimum Gasteiger partial charge on any atom is -0.395 e. The van der Waals surface area contributed by atoms with E-state index in [4.69, 9.17) is 5.11 Å². The first-order valence-electron chi connectivity index (χ1n) is 7.82. The van der Waals surface area contributed by atoms with Gasteiger partial charge in [0.05, 0.1) is 31.1 Å². The Labute approximate surface area is 146 Å². The van der Waals surface area contributed by atoms with E-state index in [2.05, 4.69) is 10.6 Å². The zero-order valence-corrected chi connectivity index (χ0v) is 14.5. The summed E-state index contributed by atoms with van der Waals surface area (Å²) in [6.07, 6.45) is 1.19. The molecule has 1 aromatic carbocycles. The molecule has 8 nitrogen and oxygen atoms in total. The lowest BCUT2D eigenvalue weighted by atomic mass is 10.1. The number of amides is 3. The topological polar surface area (TPSA) is 102 Å². The summed E-state index contributed by atoms with van der Waals surface area (Å²) >= 11 is 0. The minimum atomic E-state index is -0.508.